The van der Waals surface area contributed by atoms with Gasteiger partial charge in [0.2, 0.25) is 0 Å². The molecule has 0 spiro atoms. The number of carbonyl (C=O) groups is 1. The number of hydrogen-bond donors (Lipinski definition) is 1. The van der Waals surface area contributed by atoms with E-state index in [4.69, 9.17) is 11.2 Å². The second-order valence-electron chi connectivity index (χ2n) is 6.22. The van der Waals surface area contributed by atoms with Crippen LogP contribution in [0, 0.1) is 18.2 Å². The van der Waals surface area contributed by atoms with Gasteiger partial charge < -0.3 is 15.0 Å². The molecule has 1 saturated heterocycles. The van der Waals surface area contributed by atoms with Crippen molar-refractivity contribution >= 4 is 17.3 Å². The summed E-state index contributed by atoms with van der Waals surface area (Å²) >= 11 is 0. The molecule has 4 nitrogen and oxygen atoms in total. The van der Waals surface area contributed by atoms with E-state index in [1.807, 2.05) is 29.2 Å². The molecule has 1 fully saturated rings. The van der Waals surface area contributed by atoms with Crippen molar-refractivity contribution in [2.24, 2.45) is 0 Å². The number of halogens is 1. The first-order chi connectivity index (χ1) is 12.7. The molecule has 3 rings (SSSR count). The topological polar surface area (TPSA) is 41.6 Å². The number of nitrogens with one attached hydrogen (secondary N) is 1. The Labute approximate surface area is 153 Å². The Balaban J connectivity index is 1.66. The third-order valence-electron chi connectivity index (χ3n) is 4.29. The van der Waals surface area contributed by atoms with Crippen LogP contribution in [0.2, 0.25) is 0 Å². The Hall–Kier alpha value is -2.84. The molecule has 0 saturated carbocycles. The highest BCUT2D eigenvalue weighted by Gasteiger charge is 2.23. The van der Waals surface area contributed by atoms with E-state index in [2.05, 4.69) is 11.2 Å². The number of ether oxygens (including phenoxy) is 1. The molecule has 1 atom stereocenters. The molecule has 1 amide bonds. The molecule has 1 aliphatic heterocycles. The van der Waals surface area contributed by atoms with E-state index in [0.717, 1.165) is 29.8 Å². The molecule has 1 unspecified atom stereocenters. The summed E-state index contributed by atoms with van der Waals surface area (Å²) in [5.41, 5.74) is 2.62. The Morgan fingerprint density at radius 1 is 1.23 bits per heavy atom. The predicted octanol–water partition coefficient (Wildman–Crippen LogP) is 3.58. The molecule has 0 aliphatic carbocycles. The summed E-state index contributed by atoms with van der Waals surface area (Å²) in [6.45, 7) is 1.65. The molecular weight excluding hydrogens is 331 g/mol. The summed E-state index contributed by atoms with van der Waals surface area (Å²) in [5.74, 6) is 2.28. The summed E-state index contributed by atoms with van der Waals surface area (Å²) in [6.07, 6.45) is 6.81. The first-order valence-corrected chi connectivity index (χ1v) is 8.61. The minimum Gasteiger partial charge on any atom is -0.368 e. The molecule has 2 aromatic carbocycles. The maximum Gasteiger partial charge on any atom is 0.253 e. The number of anilines is 2. The Morgan fingerprint density at radius 3 is 2.58 bits per heavy atom. The highest BCUT2D eigenvalue weighted by atomic mass is 19.1. The monoisotopic (exact) mass is 352 g/mol. The number of benzene rings is 2. The van der Waals surface area contributed by atoms with Gasteiger partial charge in [0.15, 0.2) is 0 Å². The zero-order valence-electron chi connectivity index (χ0n) is 14.5. The van der Waals surface area contributed by atoms with Gasteiger partial charge in [-0.3, -0.25) is 4.79 Å². The molecular formula is C21H21FN2O2. The third kappa shape index (κ3) is 4.62. The maximum atomic E-state index is 13.1. The van der Waals surface area contributed by atoms with Gasteiger partial charge in [-0.1, -0.05) is 18.1 Å². The van der Waals surface area contributed by atoms with Crippen molar-refractivity contribution in [2.75, 3.05) is 23.4 Å². The molecule has 5 heteroatoms. The zero-order chi connectivity index (χ0) is 18.4. The summed E-state index contributed by atoms with van der Waals surface area (Å²) in [4.78, 5) is 14.1. The fourth-order valence-electron chi connectivity index (χ4n) is 2.92. The third-order valence-corrected chi connectivity index (χ3v) is 4.29. The van der Waals surface area contributed by atoms with Gasteiger partial charge in [-0.15, -0.1) is 6.42 Å². The van der Waals surface area contributed by atoms with E-state index in [0.29, 0.717) is 19.7 Å². The van der Waals surface area contributed by atoms with Gasteiger partial charge in [0.25, 0.3) is 5.91 Å². The molecule has 1 aliphatic rings. The van der Waals surface area contributed by atoms with Crippen LogP contribution < -0.4 is 10.2 Å². The minimum absolute atomic E-state index is 0.109. The van der Waals surface area contributed by atoms with Crippen LogP contribution in [0.3, 0.4) is 0 Å². The normalized spacial score (nSPS) is 16.1. The average Bonchev–Trinajstić information content (AvgIpc) is 3.19. The van der Waals surface area contributed by atoms with Crippen LogP contribution >= 0.6 is 0 Å². The van der Waals surface area contributed by atoms with E-state index in [-0.39, 0.29) is 17.8 Å². The van der Waals surface area contributed by atoms with Crippen molar-refractivity contribution in [1.82, 2.24) is 0 Å². The van der Waals surface area contributed by atoms with Crippen molar-refractivity contribution < 1.29 is 13.9 Å². The van der Waals surface area contributed by atoms with Crippen molar-refractivity contribution in [3.63, 3.8) is 0 Å². The molecule has 134 valence electrons. The number of terminal acetylenes is 1. The second kappa shape index (κ2) is 8.50. The van der Waals surface area contributed by atoms with Gasteiger partial charge in [0.1, 0.15) is 11.9 Å². The number of carbonyl (C=O) groups excluding carboxylic acids is 1. The van der Waals surface area contributed by atoms with Crippen LogP contribution in [-0.2, 0) is 16.1 Å². The Morgan fingerprint density at radius 2 is 1.96 bits per heavy atom. The quantitative estimate of drug-likeness (QED) is 0.808. The van der Waals surface area contributed by atoms with E-state index >= 15 is 0 Å². The SMILES string of the molecule is C#CCN(Cc1ccc(F)cc1)c1ccc(NC(=O)C2CCCO2)cc1. The largest absolute Gasteiger partial charge is 0.368 e. The molecule has 2 aromatic rings. The van der Waals surface area contributed by atoms with E-state index in [1.54, 1.807) is 12.1 Å². The van der Waals surface area contributed by atoms with Gasteiger partial charge in [-0.05, 0) is 54.8 Å². The van der Waals surface area contributed by atoms with Gasteiger partial charge in [-0.2, -0.15) is 0 Å². The highest BCUT2D eigenvalue weighted by molar-refractivity contribution is 5.94. The summed E-state index contributed by atoms with van der Waals surface area (Å²) in [6, 6.07) is 13.9. The maximum absolute atomic E-state index is 13.1. The van der Waals surface area contributed by atoms with Crippen LogP contribution in [-0.4, -0.2) is 25.2 Å². The standard InChI is InChI=1S/C21H21FN2O2/c1-2-13-24(15-16-5-7-17(22)8-6-16)19-11-9-18(10-12-19)23-21(25)20-4-3-14-26-20/h1,5-12,20H,3-4,13-15H2,(H,23,25). The van der Waals surface area contributed by atoms with Crippen LogP contribution in [0.1, 0.15) is 18.4 Å². The number of amides is 1. The van der Waals surface area contributed by atoms with E-state index in [1.165, 1.54) is 12.1 Å². The van der Waals surface area contributed by atoms with Crippen molar-refractivity contribution in [3.05, 3.63) is 59.9 Å². The van der Waals surface area contributed by atoms with Crippen molar-refractivity contribution in [1.29, 1.82) is 0 Å². The minimum atomic E-state index is -0.355. The number of nitrogens with zero attached hydrogens (tertiary/aromatic N) is 1. The fourth-order valence-corrected chi connectivity index (χ4v) is 2.92. The Kier molecular flexibility index (Phi) is 5.88. The van der Waals surface area contributed by atoms with Crippen LogP contribution in [0.4, 0.5) is 15.8 Å². The fraction of sp³-hybridized carbons (Fsp3) is 0.286. The molecule has 0 radical (unpaired) electrons. The summed E-state index contributed by atoms with van der Waals surface area (Å²) in [5, 5.41) is 2.87. The zero-order valence-corrected chi connectivity index (χ0v) is 14.5. The van der Waals surface area contributed by atoms with Gasteiger partial charge in [0.05, 0.1) is 6.54 Å². The molecule has 1 heterocycles. The van der Waals surface area contributed by atoms with Crippen LogP contribution in [0.25, 0.3) is 0 Å². The first kappa shape index (κ1) is 18.0. The number of rotatable bonds is 6. The highest BCUT2D eigenvalue weighted by Crippen LogP contribution is 2.21. The lowest BCUT2D eigenvalue weighted by Gasteiger charge is -2.23. The molecule has 0 bridgehead atoms. The summed E-state index contributed by atoms with van der Waals surface area (Å²) < 4.78 is 18.5. The lowest BCUT2D eigenvalue weighted by Crippen LogP contribution is -2.27. The van der Waals surface area contributed by atoms with Gasteiger partial charge in [-0.25, -0.2) is 4.39 Å². The average molecular weight is 352 g/mol. The Bertz CT molecular complexity index is 775. The smallest absolute Gasteiger partial charge is 0.253 e. The van der Waals surface area contributed by atoms with Crippen molar-refractivity contribution in [3.8, 4) is 12.3 Å². The molecule has 26 heavy (non-hydrogen) atoms. The van der Waals surface area contributed by atoms with Gasteiger partial charge >= 0.3 is 0 Å². The second-order valence-corrected chi connectivity index (χ2v) is 6.22. The number of hydrogen-bond acceptors (Lipinski definition) is 3. The molecule has 1 N–H and O–H groups in total. The van der Waals surface area contributed by atoms with E-state index < -0.39 is 0 Å². The molecule has 0 aromatic heterocycles. The van der Waals surface area contributed by atoms with E-state index in [9.17, 15) is 9.18 Å². The van der Waals surface area contributed by atoms with Crippen LogP contribution in [0.5, 0.6) is 0 Å². The first-order valence-electron chi connectivity index (χ1n) is 8.61. The van der Waals surface area contributed by atoms with Crippen molar-refractivity contribution in [2.45, 2.75) is 25.5 Å². The summed E-state index contributed by atoms with van der Waals surface area (Å²) in [7, 11) is 0. The lowest BCUT2D eigenvalue weighted by molar-refractivity contribution is -0.124. The van der Waals surface area contributed by atoms with Gasteiger partial charge in [0, 0.05) is 24.5 Å². The van der Waals surface area contributed by atoms with Crippen LogP contribution in [0.15, 0.2) is 48.5 Å². The lowest BCUT2D eigenvalue weighted by atomic mass is 10.2. The predicted molar refractivity (Wildman–Crippen MR) is 100 cm³/mol.